The molecule has 2 heterocycles. The zero-order valence-corrected chi connectivity index (χ0v) is 13.1. The molecule has 1 saturated heterocycles. The van der Waals surface area contributed by atoms with E-state index >= 15 is 0 Å². The summed E-state index contributed by atoms with van der Waals surface area (Å²) in [5.41, 5.74) is 0. The van der Waals surface area contributed by atoms with Crippen molar-refractivity contribution in [2.24, 2.45) is 5.92 Å². The molecule has 0 saturated carbocycles. The number of hydrogen-bond acceptors (Lipinski definition) is 4. The SMILES string of the molecule is CCOc1ccc2ccnc(OC[C@H]3NC(=O)[C@@H](F)[C@H]3C)c2c1. The maximum absolute atomic E-state index is 13.6. The van der Waals surface area contributed by atoms with Crippen LogP contribution in [0.4, 0.5) is 4.39 Å². The van der Waals surface area contributed by atoms with Gasteiger partial charge >= 0.3 is 0 Å². The van der Waals surface area contributed by atoms with Gasteiger partial charge in [0.25, 0.3) is 5.91 Å². The monoisotopic (exact) mass is 318 g/mol. The fraction of sp³-hybridized carbons (Fsp3) is 0.412. The Hall–Kier alpha value is -2.37. The van der Waals surface area contributed by atoms with Crippen molar-refractivity contribution in [2.75, 3.05) is 13.2 Å². The molecule has 0 aliphatic carbocycles. The Morgan fingerprint density at radius 3 is 2.83 bits per heavy atom. The molecule has 0 radical (unpaired) electrons. The van der Waals surface area contributed by atoms with Crippen LogP contribution in [0.15, 0.2) is 30.5 Å². The Kier molecular flexibility index (Phi) is 4.32. The van der Waals surface area contributed by atoms with Crippen LogP contribution >= 0.6 is 0 Å². The number of nitrogens with zero attached hydrogens (tertiary/aromatic N) is 1. The van der Waals surface area contributed by atoms with E-state index in [4.69, 9.17) is 9.47 Å². The van der Waals surface area contributed by atoms with Crippen molar-refractivity contribution >= 4 is 16.7 Å². The lowest BCUT2D eigenvalue weighted by Crippen LogP contribution is -2.34. The van der Waals surface area contributed by atoms with Crippen molar-refractivity contribution in [3.63, 3.8) is 0 Å². The first-order chi connectivity index (χ1) is 11.1. The van der Waals surface area contributed by atoms with Crippen LogP contribution in [0, 0.1) is 5.92 Å². The number of halogens is 1. The molecule has 1 aromatic carbocycles. The number of aromatic nitrogens is 1. The lowest BCUT2D eigenvalue weighted by atomic mass is 10.0. The molecule has 1 N–H and O–H groups in total. The van der Waals surface area contributed by atoms with Gasteiger partial charge in [-0.25, -0.2) is 9.37 Å². The van der Waals surface area contributed by atoms with Crippen LogP contribution in [0.25, 0.3) is 10.8 Å². The number of ether oxygens (including phenoxy) is 2. The minimum Gasteiger partial charge on any atom is -0.494 e. The van der Waals surface area contributed by atoms with Crippen LogP contribution in [0.5, 0.6) is 11.6 Å². The van der Waals surface area contributed by atoms with E-state index in [1.807, 2.05) is 31.2 Å². The van der Waals surface area contributed by atoms with Crippen molar-refractivity contribution in [3.8, 4) is 11.6 Å². The lowest BCUT2D eigenvalue weighted by molar-refractivity contribution is -0.123. The van der Waals surface area contributed by atoms with Crippen molar-refractivity contribution in [1.82, 2.24) is 10.3 Å². The number of nitrogens with one attached hydrogen (secondary N) is 1. The Balaban J connectivity index is 1.80. The van der Waals surface area contributed by atoms with Crippen LogP contribution in [0.1, 0.15) is 13.8 Å². The molecule has 0 unspecified atom stereocenters. The number of alkyl halides is 1. The van der Waals surface area contributed by atoms with Crippen LogP contribution < -0.4 is 14.8 Å². The molecule has 1 fully saturated rings. The van der Waals surface area contributed by atoms with E-state index in [1.165, 1.54) is 0 Å². The molecule has 0 spiro atoms. The van der Waals surface area contributed by atoms with E-state index < -0.39 is 18.0 Å². The van der Waals surface area contributed by atoms with Crippen molar-refractivity contribution in [2.45, 2.75) is 26.1 Å². The third kappa shape index (κ3) is 3.06. The molecule has 0 bridgehead atoms. The van der Waals surface area contributed by atoms with Crippen LogP contribution in [0.2, 0.25) is 0 Å². The van der Waals surface area contributed by atoms with Crippen molar-refractivity contribution < 1.29 is 18.7 Å². The smallest absolute Gasteiger partial charge is 0.255 e. The van der Waals surface area contributed by atoms with E-state index in [2.05, 4.69) is 10.3 Å². The molecule has 1 aromatic heterocycles. The molecule has 2 aromatic rings. The number of benzene rings is 1. The predicted molar refractivity (Wildman–Crippen MR) is 84.4 cm³/mol. The molecule has 6 heteroatoms. The van der Waals surface area contributed by atoms with Gasteiger partial charge in [-0.05, 0) is 30.5 Å². The highest BCUT2D eigenvalue weighted by Gasteiger charge is 2.39. The molecule has 122 valence electrons. The van der Waals surface area contributed by atoms with Gasteiger partial charge in [-0.2, -0.15) is 0 Å². The van der Waals surface area contributed by atoms with E-state index in [0.29, 0.717) is 12.5 Å². The second-order valence-corrected chi connectivity index (χ2v) is 5.62. The second kappa shape index (κ2) is 6.40. The quantitative estimate of drug-likeness (QED) is 0.920. The molecular formula is C17H19FN2O3. The van der Waals surface area contributed by atoms with Gasteiger partial charge in [0.1, 0.15) is 12.4 Å². The highest BCUT2D eigenvalue weighted by molar-refractivity contribution is 5.88. The van der Waals surface area contributed by atoms with Crippen LogP contribution in [-0.4, -0.2) is 36.3 Å². The van der Waals surface area contributed by atoms with E-state index in [9.17, 15) is 9.18 Å². The molecule has 1 aliphatic heterocycles. The van der Waals surface area contributed by atoms with Gasteiger partial charge in [0.15, 0.2) is 6.17 Å². The molecule has 1 amide bonds. The second-order valence-electron chi connectivity index (χ2n) is 5.62. The Morgan fingerprint density at radius 1 is 1.30 bits per heavy atom. The van der Waals surface area contributed by atoms with Crippen LogP contribution in [0.3, 0.4) is 0 Å². The molecule has 3 rings (SSSR count). The van der Waals surface area contributed by atoms with Gasteiger partial charge in [0.2, 0.25) is 5.88 Å². The molecular weight excluding hydrogens is 299 g/mol. The lowest BCUT2D eigenvalue weighted by Gasteiger charge is -2.16. The van der Waals surface area contributed by atoms with Crippen molar-refractivity contribution in [3.05, 3.63) is 30.5 Å². The summed E-state index contributed by atoms with van der Waals surface area (Å²) < 4.78 is 24.8. The zero-order valence-electron chi connectivity index (χ0n) is 13.1. The summed E-state index contributed by atoms with van der Waals surface area (Å²) in [7, 11) is 0. The van der Waals surface area contributed by atoms with Crippen LogP contribution in [-0.2, 0) is 4.79 Å². The maximum Gasteiger partial charge on any atom is 0.255 e. The minimum atomic E-state index is -1.48. The Bertz CT molecular complexity index is 722. The highest BCUT2D eigenvalue weighted by Crippen LogP contribution is 2.28. The van der Waals surface area contributed by atoms with Gasteiger partial charge in [0, 0.05) is 17.5 Å². The van der Waals surface area contributed by atoms with Gasteiger partial charge in [-0.3, -0.25) is 4.79 Å². The predicted octanol–water partition coefficient (Wildman–Crippen LogP) is 2.48. The average Bonchev–Trinajstić information content (AvgIpc) is 2.80. The van der Waals surface area contributed by atoms with E-state index in [0.717, 1.165) is 16.5 Å². The zero-order chi connectivity index (χ0) is 16.4. The summed E-state index contributed by atoms with van der Waals surface area (Å²) in [6.07, 6.45) is 0.181. The number of carbonyl (C=O) groups is 1. The minimum absolute atomic E-state index is 0.179. The maximum atomic E-state index is 13.6. The highest BCUT2D eigenvalue weighted by atomic mass is 19.1. The largest absolute Gasteiger partial charge is 0.494 e. The molecule has 3 atom stereocenters. The fourth-order valence-corrected chi connectivity index (χ4v) is 2.69. The summed E-state index contributed by atoms with van der Waals surface area (Å²) in [6, 6.07) is 7.23. The number of rotatable bonds is 5. The standard InChI is InChI=1S/C17H19FN2O3/c1-3-22-12-5-4-11-6-7-19-17(13(11)8-12)23-9-14-10(2)15(18)16(21)20-14/h4-8,10,14-15H,3,9H2,1-2H3,(H,20,21)/t10-,14+,15-/m0/s1. The third-order valence-electron chi connectivity index (χ3n) is 4.09. The average molecular weight is 318 g/mol. The van der Waals surface area contributed by atoms with Gasteiger partial charge in [-0.1, -0.05) is 13.0 Å². The topological polar surface area (TPSA) is 60.5 Å². The summed E-state index contributed by atoms with van der Waals surface area (Å²) in [5, 5.41) is 4.42. The number of pyridine rings is 1. The molecule has 1 aliphatic rings. The van der Waals surface area contributed by atoms with Gasteiger partial charge in [0.05, 0.1) is 12.6 Å². The summed E-state index contributed by atoms with van der Waals surface area (Å²) in [4.78, 5) is 15.6. The number of fused-ring (bicyclic) bond motifs is 1. The number of hydrogen-bond donors (Lipinski definition) is 1. The van der Waals surface area contributed by atoms with Gasteiger partial charge < -0.3 is 14.8 Å². The normalized spacial score (nSPS) is 23.8. The Labute approximate surface area is 133 Å². The Morgan fingerprint density at radius 2 is 2.13 bits per heavy atom. The summed E-state index contributed by atoms with van der Waals surface area (Å²) in [5.74, 6) is 0.198. The summed E-state index contributed by atoms with van der Waals surface area (Å²) in [6.45, 7) is 4.37. The van der Waals surface area contributed by atoms with Gasteiger partial charge in [-0.15, -0.1) is 0 Å². The van der Waals surface area contributed by atoms with E-state index in [1.54, 1.807) is 13.1 Å². The van der Waals surface area contributed by atoms with E-state index in [-0.39, 0.29) is 12.6 Å². The third-order valence-corrected chi connectivity index (χ3v) is 4.09. The number of carbonyl (C=O) groups excluding carboxylic acids is 1. The summed E-state index contributed by atoms with van der Waals surface area (Å²) >= 11 is 0. The number of amides is 1. The first-order valence-electron chi connectivity index (χ1n) is 7.69. The molecule has 23 heavy (non-hydrogen) atoms. The first kappa shape index (κ1) is 15.5. The molecule has 5 nitrogen and oxygen atoms in total. The fourth-order valence-electron chi connectivity index (χ4n) is 2.69. The first-order valence-corrected chi connectivity index (χ1v) is 7.69. The van der Waals surface area contributed by atoms with Crippen molar-refractivity contribution in [1.29, 1.82) is 0 Å².